The molecule has 2 aromatic rings. The lowest BCUT2D eigenvalue weighted by atomic mass is 10.0. The summed E-state index contributed by atoms with van der Waals surface area (Å²) in [5.74, 6) is 2.43. The van der Waals surface area contributed by atoms with Gasteiger partial charge < -0.3 is 30.0 Å². The molecule has 19 heteroatoms. The fourth-order valence-electron chi connectivity index (χ4n) is 2.78. The second kappa shape index (κ2) is 8.32. The zero-order valence-electron chi connectivity index (χ0n) is 15.3. The lowest BCUT2D eigenvalue weighted by Crippen LogP contribution is -2.32. The van der Waals surface area contributed by atoms with Crippen molar-refractivity contribution in [2.75, 3.05) is 12.3 Å². The number of hydrogen-bond donors (Lipinski definition) is 5. The van der Waals surface area contributed by atoms with Gasteiger partial charge in [-0.05, 0) is 12.8 Å². The van der Waals surface area contributed by atoms with E-state index in [1.165, 1.54) is 17.0 Å². The molecule has 1 saturated heterocycles. The fraction of sp³-hybridized carbons (Fsp3) is 0.417. The molecule has 0 radical (unpaired) electrons. The maximum atomic E-state index is 11.9. The number of phosphoric acid groups is 3. The summed E-state index contributed by atoms with van der Waals surface area (Å²) in [5, 5.41) is 4.03. The molecule has 1 aliphatic rings. The number of anilines is 1. The lowest BCUT2D eigenvalue weighted by molar-refractivity contribution is -0.0365. The lowest BCUT2D eigenvalue weighted by Gasteiger charge is -2.25. The SMILES string of the molecule is C#CC1(COP(=O)(O)OP(=O)(O)OP(=O)(O)O)CCC(c2cnc3c(N)ncnn23)O1. The highest BCUT2D eigenvalue weighted by Gasteiger charge is 2.45. The van der Waals surface area contributed by atoms with Crippen molar-refractivity contribution in [1.29, 1.82) is 0 Å². The van der Waals surface area contributed by atoms with Gasteiger partial charge in [-0.3, -0.25) is 4.52 Å². The Hall–Kier alpha value is -1.72. The molecule has 16 nitrogen and oxygen atoms in total. The second-order valence-corrected chi connectivity index (χ2v) is 10.6. The van der Waals surface area contributed by atoms with Crippen LogP contribution in [0.5, 0.6) is 0 Å². The van der Waals surface area contributed by atoms with E-state index in [-0.39, 0.29) is 17.9 Å². The van der Waals surface area contributed by atoms with Crippen LogP contribution in [0, 0.1) is 12.3 Å². The molecule has 3 heterocycles. The highest BCUT2D eigenvalue weighted by molar-refractivity contribution is 7.66. The number of phosphoric ester groups is 1. The van der Waals surface area contributed by atoms with E-state index in [4.69, 9.17) is 26.7 Å². The van der Waals surface area contributed by atoms with Crippen LogP contribution in [0.4, 0.5) is 5.82 Å². The molecular weight excluding hydrogens is 483 g/mol. The summed E-state index contributed by atoms with van der Waals surface area (Å²) in [6.45, 7) is -0.766. The number of aromatic nitrogens is 4. The molecular formula is C12H16N5O11P3. The molecule has 0 bridgehead atoms. The first-order chi connectivity index (χ1) is 14.2. The molecule has 3 rings (SSSR count). The minimum Gasteiger partial charge on any atom is -0.381 e. The molecule has 1 fully saturated rings. The average Bonchev–Trinajstić information content (AvgIpc) is 3.22. The highest BCUT2D eigenvalue weighted by atomic mass is 31.3. The maximum Gasteiger partial charge on any atom is 0.490 e. The number of imidazole rings is 1. The summed E-state index contributed by atoms with van der Waals surface area (Å²) in [4.78, 5) is 43.8. The Balaban J connectivity index is 1.70. The largest absolute Gasteiger partial charge is 0.490 e. The molecule has 0 amide bonds. The van der Waals surface area contributed by atoms with Crippen molar-refractivity contribution in [3.05, 3.63) is 18.2 Å². The zero-order chi connectivity index (χ0) is 23.1. The van der Waals surface area contributed by atoms with Crippen LogP contribution in [-0.4, -0.2) is 51.4 Å². The van der Waals surface area contributed by atoms with E-state index in [9.17, 15) is 23.5 Å². The van der Waals surface area contributed by atoms with Gasteiger partial charge in [0.25, 0.3) is 0 Å². The van der Waals surface area contributed by atoms with Crippen LogP contribution in [0.3, 0.4) is 0 Å². The van der Waals surface area contributed by atoms with Crippen molar-refractivity contribution >= 4 is 34.9 Å². The summed E-state index contributed by atoms with van der Waals surface area (Å²) in [6.07, 6.45) is 7.95. The number of rotatable bonds is 8. The van der Waals surface area contributed by atoms with Crippen molar-refractivity contribution in [1.82, 2.24) is 19.6 Å². The van der Waals surface area contributed by atoms with E-state index in [1.54, 1.807) is 0 Å². The molecule has 0 spiro atoms. The Morgan fingerprint density at radius 2 is 1.97 bits per heavy atom. The zero-order valence-corrected chi connectivity index (χ0v) is 18.0. The van der Waals surface area contributed by atoms with Crippen molar-refractivity contribution < 1.29 is 51.2 Å². The van der Waals surface area contributed by atoms with E-state index >= 15 is 0 Å². The van der Waals surface area contributed by atoms with Gasteiger partial charge in [0, 0.05) is 0 Å². The van der Waals surface area contributed by atoms with E-state index in [2.05, 4.69) is 34.1 Å². The minimum absolute atomic E-state index is 0.134. The minimum atomic E-state index is -5.64. The Labute approximate surface area is 173 Å². The van der Waals surface area contributed by atoms with Crippen molar-refractivity contribution in [2.45, 2.75) is 24.5 Å². The van der Waals surface area contributed by atoms with Crippen molar-refractivity contribution in [3.63, 3.8) is 0 Å². The van der Waals surface area contributed by atoms with Crippen LogP contribution in [0.15, 0.2) is 12.5 Å². The van der Waals surface area contributed by atoms with Crippen LogP contribution in [0.25, 0.3) is 5.65 Å². The molecule has 2 aromatic heterocycles. The number of ether oxygens (including phenoxy) is 1. The normalized spacial score (nSPS) is 25.7. The fourth-order valence-corrected chi connectivity index (χ4v) is 5.84. The van der Waals surface area contributed by atoms with E-state index in [1.807, 2.05) is 0 Å². The topological polar surface area (TPSA) is 238 Å². The molecule has 0 saturated carbocycles. The third kappa shape index (κ3) is 5.75. The monoisotopic (exact) mass is 499 g/mol. The molecule has 0 aromatic carbocycles. The molecule has 1 aliphatic heterocycles. The van der Waals surface area contributed by atoms with Gasteiger partial charge in [0.05, 0.1) is 18.5 Å². The summed E-state index contributed by atoms with van der Waals surface area (Å²) < 4.78 is 53.1. The standard InChI is InChI=1S/C12H16N5O11P3/c1-2-12(6-25-30(21,22)28-31(23,24)27-29(18,19)20)4-3-9(26-12)8-5-14-11-10(13)15-7-16-17(8)11/h1,5,7,9H,3-4,6H2,(H,21,22)(H,23,24)(H2,13,15,16)(H2,18,19,20). The van der Waals surface area contributed by atoms with Gasteiger partial charge in [0.2, 0.25) is 0 Å². The quantitative estimate of drug-likeness (QED) is 0.242. The van der Waals surface area contributed by atoms with Gasteiger partial charge in [-0.15, -0.1) is 6.42 Å². The third-order valence-electron chi connectivity index (χ3n) is 4.01. The first-order valence-corrected chi connectivity index (χ1v) is 12.6. The van der Waals surface area contributed by atoms with E-state index in [0.717, 1.165) is 0 Å². The number of fused-ring (bicyclic) bond motifs is 1. The van der Waals surface area contributed by atoms with Crippen LogP contribution in [0.1, 0.15) is 24.6 Å². The van der Waals surface area contributed by atoms with E-state index in [0.29, 0.717) is 12.1 Å². The number of nitrogens with zero attached hydrogens (tertiary/aromatic N) is 4. The second-order valence-electron chi connectivity index (χ2n) is 6.21. The smallest absolute Gasteiger partial charge is 0.381 e. The number of nitrogens with two attached hydrogens (primary N) is 1. The maximum absolute atomic E-state index is 11.9. The Bertz CT molecular complexity index is 1170. The molecule has 170 valence electrons. The van der Waals surface area contributed by atoms with Gasteiger partial charge in [-0.25, -0.2) is 28.2 Å². The molecule has 6 N–H and O–H groups in total. The van der Waals surface area contributed by atoms with Crippen molar-refractivity contribution in [3.8, 4) is 12.3 Å². The van der Waals surface area contributed by atoms with Gasteiger partial charge >= 0.3 is 23.5 Å². The summed E-state index contributed by atoms with van der Waals surface area (Å²) >= 11 is 0. The number of terminal acetylenes is 1. The molecule has 4 unspecified atom stereocenters. The predicted molar refractivity (Wildman–Crippen MR) is 99.6 cm³/mol. The first kappa shape index (κ1) is 23.9. The Morgan fingerprint density at radius 1 is 1.26 bits per heavy atom. The molecule has 0 aliphatic carbocycles. The third-order valence-corrected chi connectivity index (χ3v) is 7.79. The van der Waals surface area contributed by atoms with Gasteiger partial charge in [0.1, 0.15) is 12.4 Å². The van der Waals surface area contributed by atoms with E-state index < -0.39 is 41.8 Å². The Morgan fingerprint density at radius 3 is 2.61 bits per heavy atom. The summed E-state index contributed by atoms with van der Waals surface area (Å²) in [7, 11) is -16.5. The first-order valence-electron chi connectivity index (χ1n) is 8.13. The van der Waals surface area contributed by atoms with Crippen LogP contribution in [-0.2, 0) is 31.6 Å². The highest BCUT2D eigenvalue weighted by Crippen LogP contribution is 2.66. The van der Waals surface area contributed by atoms with Crippen LogP contribution in [0.2, 0.25) is 0 Å². The predicted octanol–water partition coefficient (Wildman–Crippen LogP) is 0.273. The molecule has 31 heavy (non-hydrogen) atoms. The van der Waals surface area contributed by atoms with Crippen LogP contribution < -0.4 is 5.73 Å². The summed E-state index contributed by atoms with van der Waals surface area (Å²) in [5.41, 5.74) is 4.94. The number of hydrogen-bond acceptors (Lipinski definition) is 11. The molecule has 4 atom stereocenters. The average molecular weight is 499 g/mol. The van der Waals surface area contributed by atoms with Gasteiger partial charge in [-0.1, -0.05) is 5.92 Å². The van der Waals surface area contributed by atoms with Crippen molar-refractivity contribution in [2.24, 2.45) is 0 Å². The summed E-state index contributed by atoms with van der Waals surface area (Å²) in [6, 6.07) is 0. The Kier molecular flexibility index (Phi) is 6.43. The van der Waals surface area contributed by atoms with Crippen LogP contribution >= 0.6 is 23.5 Å². The van der Waals surface area contributed by atoms with Gasteiger partial charge in [0.15, 0.2) is 17.1 Å². The number of nitrogen functional groups attached to an aromatic ring is 1. The van der Waals surface area contributed by atoms with Gasteiger partial charge in [-0.2, -0.15) is 13.7 Å².